The van der Waals surface area contributed by atoms with E-state index in [2.05, 4.69) is 5.10 Å². The van der Waals surface area contributed by atoms with Gasteiger partial charge in [0.25, 0.3) is 11.6 Å². The van der Waals surface area contributed by atoms with Crippen molar-refractivity contribution in [2.24, 2.45) is 5.10 Å². The number of phenols is 1. The van der Waals surface area contributed by atoms with Gasteiger partial charge >= 0.3 is 5.69 Å². The van der Waals surface area contributed by atoms with E-state index in [1.165, 1.54) is 18.2 Å². The maximum absolute atomic E-state index is 11.7. The first-order valence-corrected chi connectivity index (χ1v) is 8.00. The number of hydrogen-bond acceptors (Lipinski definition) is 8. The number of rotatable bonds is 7. The number of non-ortho nitro benzene ring substituents is 1. The minimum Gasteiger partial charge on any atom is -0.502 e. The lowest BCUT2D eigenvalue weighted by Crippen LogP contribution is -2.24. The van der Waals surface area contributed by atoms with E-state index in [-0.39, 0.29) is 16.3 Å². The van der Waals surface area contributed by atoms with Crippen LogP contribution in [0.5, 0.6) is 11.5 Å². The van der Waals surface area contributed by atoms with Crippen LogP contribution in [0, 0.1) is 20.2 Å². The maximum atomic E-state index is 11.7. The molecule has 0 bridgehead atoms. The number of ether oxygens (including phenoxy) is 1. The predicted molar refractivity (Wildman–Crippen MR) is 99.1 cm³/mol. The van der Waals surface area contributed by atoms with Crippen molar-refractivity contribution in [2.45, 2.75) is 0 Å². The molecule has 0 atom stereocenters. The van der Waals surface area contributed by atoms with Crippen LogP contribution in [0.15, 0.2) is 35.4 Å². The Bertz CT molecular complexity index is 981. The number of amides is 1. The van der Waals surface area contributed by atoms with Crippen molar-refractivity contribution in [3.05, 3.63) is 66.2 Å². The normalized spacial score (nSPS) is 10.6. The molecule has 2 N–H and O–H groups in total. The second kappa shape index (κ2) is 8.97. The van der Waals surface area contributed by atoms with Gasteiger partial charge in [-0.15, -0.1) is 0 Å². The van der Waals surface area contributed by atoms with E-state index in [1.54, 1.807) is 0 Å². The van der Waals surface area contributed by atoms with Crippen molar-refractivity contribution in [1.82, 2.24) is 5.43 Å². The molecule has 11 nitrogen and oxygen atoms in total. The Hall–Kier alpha value is -3.44. The molecule has 0 saturated heterocycles. The van der Waals surface area contributed by atoms with Gasteiger partial charge in [-0.3, -0.25) is 25.0 Å². The number of carbonyl (C=O) groups excluding carboxylic acids is 1. The summed E-state index contributed by atoms with van der Waals surface area (Å²) >= 11 is 11.7. The van der Waals surface area contributed by atoms with Crippen molar-refractivity contribution in [2.75, 3.05) is 6.61 Å². The fourth-order valence-corrected chi connectivity index (χ4v) is 2.24. The summed E-state index contributed by atoms with van der Waals surface area (Å²) in [5, 5.41) is 35.6. The largest absolute Gasteiger partial charge is 0.502 e. The molecule has 0 radical (unpaired) electrons. The van der Waals surface area contributed by atoms with Crippen LogP contribution in [0.2, 0.25) is 10.0 Å². The highest BCUT2D eigenvalue weighted by molar-refractivity contribution is 6.34. The first-order valence-electron chi connectivity index (χ1n) is 7.24. The third kappa shape index (κ3) is 5.28. The Labute approximate surface area is 166 Å². The summed E-state index contributed by atoms with van der Waals surface area (Å²) in [5.41, 5.74) is 0.203. The Balaban J connectivity index is 2.07. The van der Waals surface area contributed by atoms with Crippen LogP contribution in [-0.4, -0.2) is 33.7 Å². The third-order valence-electron chi connectivity index (χ3n) is 3.16. The zero-order valence-corrected chi connectivity index (χ0v) is 15.2. The Morgan fingerprint density at radius 1 is 1.21 bits per heavy atom. The second-order valence-electron chi connectivity index (χ2n) is 5.07. The maximum Gasteiger partial charge on any atom is 0.318 e. The number of nitrogens with one attached hydrogen (secondary N) is 1. The van der Waals surface area contributed by atoms with E-state index in [1.807, 2.05) is 5.43 Å². The van der Waals surface area contributed by atoms with Gasteiger partial charge in [0.15, 0.2) is 6.61 Å². The number of aromatic hydroxyl groups is 1. The summed E-state index contributed by atoms with van der Waals surface area (Å²) in [6.45, 7) is -0.488. The number of carbonyl (C=O) groups is 1. The number of halogens is 2. The molecule has 0 aliphatic carbocycles. The molecule has 13 heteroatoms. The molecular weight excluding hydrogens is 419 g/mol. The summed E-state index contributed by atoms with van der Waals surface area (Å²) < 4.78 is 5.18. The average molecular weight is 429 g/mol. The van der Waals surface area contributed by atoms with Crippen molar-refractivity contribution < 1.29 is 24.5 Å². The van der Waals surface area contributed by atoms with Gasteiger partial charge in [0.2, 0.25) is 5.75 Å². The number of hydrogen-bond donors (Lipinski definition) is 2. The first kappa shape index (κ1) is 20.9. The zero-order valence-electron chi connectivity index (χ0n) is 13.7. The summed E-state index contributed by atoms with van der Waals surface area (Å²) in [7, 11) is 0. The van der Waals surface area contributed by atoms with Crippen molar-refractivity contribution in [3.63, 3.8) is 0 Å². The van der Waals surface area contributed by atoms with Crippen molar-refractivity contribution in [1.29, 1.82) is 0 Å². The lowest BCUT2D eigenvalue weighted by atomic mass is 10.1. The highest BCUT2D eigenvalue weighted by atomic mass is 35.5. The van der Waals surface area contributed by atoms with Crippen LogP contribution >= 0.6 is 23.2 Å². The van der Waals surface area contributed by atoms with Gasteiger partial charge in [-0.2, -0.15) is 5.10 Å². The number of nitro groups is 2. The second-order valence-corrected chi connectivity index (χ2v) is 5.92. The zero-order chi connectivity index (χ0) is 20.8. The summed E-state index contributed by atoms with van der Waals surface area (Å²) in [6, 6.07) is 5.88. The fourth-order valence-electron chi connectivity index (χ4n) is 1.91. The molecule has 0 heterocycles. The molecule has 0 saturated carbocycles. The molecule has 2 aromatic carbocycles. The van der Waals surface area contributed by atoms with Gasteiger partial charge in [0.05, 0.1) is 32.7 Å². The summed E-state index contributed by atoms with van der Waals surface area (Å²) in [4.78, 5) is 31.6. The third-order valence-corrected chi connectivity index (χ3v) is 3.70. The van der Waals surface area contributed by atoms with Crippen molar-refractivity contribution in [3.8, 4) is 11.5 Å². The highest BCUT2D eigenvalue weighted by Gasteiger charge is 2.23. The molecule has 2 rings (SSSR count). The van der Waals surface area contributed by atoms with E-state index in [9.17, 15) is 30.1 Å². The number of nitrogens with zero attached hydrogens (tertiary/aromatic N) is 3. The Kier molecular flexibility index (Phi) is 6.69. The van der Waals surface area contributed by atoms with Gasteiger partial charge in [0, 0.05) is 17.2 Å². The molecule has 0 aromatic heterocycles. The van der Waals surface area contributed by atoms with Crippen molar-refractivity contribution >= 4 is 46.7 Å². The number of nitro benzene ring substituents is 2. The van der Waals surface area contributed by atoms with Gasteiger partial charge < -0.3 is 9.84 Å². The molecule has 146 valence electrons. The average Bonchev–Trinajstić information content (AvgIpc) is 2.63. The van der Waals surface area contributed by atoms with E-state index < -0.39 is 39.5 Å². The standard InChI is InChI=1S/C15H10Cl2N4O7/c16-9-1-2-11(17)13(4-9)28-7-14(22)19-18-6-8-3-10(20(24)25)5-12(15(8)23)21(26)27/h1-6,23H,7H2,(H,19,22)/b18-6-. The van der Waals surface area contributed by atoms with Gasteiger partial charge in [-0.1, -0.05) is 23.2 Å². The highest BCUT2D eigenvalue weighted by Crippen LogP contribution is 2.33. The minimum absolute atomic E-state index is 0.167. The predicted octanol–water partition coefficient (Wildman–Crippen LogP) is 3.04. The van der Waals surface area contributed by atoms with E-state index in [0.717, 1.165) is 12.3 Å². The molecule has 0 aliphatic rings. The molecule has 1 amide bonds. The van der Waals surface area contributed by atoms with E-state index in [0.29, 0.717) is 11.1 Å². The van der Waals surface area contributed by atoms with Crippen LogP contribution in [0.4, 0.5) is 11.4 Å². The van der Waals surface area contributed by atoms with Gasteiger partial charge in [-0.25, -0.2) is 5.43 Å². The Morgan fingerprint density at radius 3 is 2.57 bits per heavy atom. The van der Waals surface area contributed by atoms with Crippen LogP contribution in [0.1, 0.15) is 5.56 Å². The SMILES string of the molecule is O=C(COc1cc(Cl)ccc1Cl)N/N=C\c1cc([N+](=O)[O-])cc([N+](=O)[O-])c1O. The molecule has 0 spiro atoms. The molecule has 2 aromatic rings. The fraction of sp³-hybridized carbons (Fsp3) is 0.0667. The van der Waals surface area contributed by atoms with Crippen LogP contribution in [0.3, 0.4) is 0 Å². The number of benzene rings is 2. The van der Waals surface area contributed by atoms with Crippen LogP contribution < -0.4 is 10.2 Å². The smallest absolute Gasteiger partial charge is 0.318 e. The molecule has 0 unspecified atom stereocenters. The molecular formula is C15H10Cl2N4O7. The minimum atomic E-state index is -0.985. The molecule has 0 aliphatic heterocycles. The van der Waals surface area contributed by atoms with E-state index in [4.69, 9.17) is 27.9 Å². The number of phenolic OH excluding ortho intramolecular Hbond substituents is 1. The monoisotopic (exact) mass is 428 g/mol. The number of hydrazone groups is 1. The Morgan fingerprint density at radius 2 is 1.93 bits per heavy atom. The topological polar surface area (TPSA) is 157 Å². The van der Waals surface area contributed by atoms with Crippen LogP contribution in [0.25, 0.3) is 0 Å². The summed E-state index contributed by atoms with van der Waals surface area (Å²) in [6.07, 6.45) is 0.819. The van der Waals surface area contributed by atoms with Crippen LogP contribution in [-0.2, 0) is 4.79 Å². The molecule has 28 heavy (non-hydrogen) atoms. The van der Waals surface area contributed by atoms with Gasteiger partial charge in [0.1, 0.15) is 5.75 Å². The lowest BCUT2D eigenvalue weighted by Gasteiger charge is -2.07. The van der Waals surface area contributed by atoms with E-state index >= 15 is 0 Å². The van der Waals surface area contributed by atoms with Gasteiger partial charge in [-0.05, 0) is 12.1 Å². The first-order chi connectivity index (χ1) is 13.2. The quantitative estimate of drug-likeness (QED) is 0.389. The lowest BCUT2D eigenvalue weighted by molar-refractivity contribution is -0.394. The molecule has 0 fully saturated rings. The summed E-state index contributed by atoms with van der Waals surface area (Å²) in [5.74, 6) is -1.40.